The third-order valence-corrected chi connectivity index (χ3v) is 4.20. The molecule has 2 nitrogen and oxygen atoms in total. The van der Waals surface area contributed by atoms with Crippen LogP contribution in [0.3, 0.4) is 0 Å². The van der Waals surface area contributed by atoms with Crippen molar-refractivity contribution in [1.82, 2.24) is 10.6 Å². The summed E-state index contributed by atoms with van der Waals surface area (Å²) in [6.45, 7) is 6.11. The first-order chi connectivity index (χ1) is 7.29. The number of hydrogen-bond donors (Lipinski definition) is 2. The van der Waals surface area contributed by atoms with E-state index in [1.165, 1.54) is 64.6 Å². The van der Waals surface area contributed by atoms with Gasteiger partial charge in [0, 0.05) is 5.54 Å². The lowest BCUT2D eigenvalue weighted by atomic mass is 9.78. The van der Waals surface area contributed by atoms with Crippen molar-refractivity contribution in [3.8, 4) is 0 Å². The molecule has 15 heavy (non-hydrogen) atoms. The summed E-state index contributed by atoms with van der Waals surface area (Å²) in [5, 5.41) is 7.21. The molecule has 1 aliphatic heterocycles. The van der Waals surface area contributed by atoms with E-state index in [0.29, 0.717) is 5.54 Å². The minimum absolute atomic E-state index is 0.505. The van der Waals surface area contributed by atoms with Gasteiger partial charge in [0.25, 0.3) is 0 Å². The fourth-order valence-electron chi connectivity index (χ4n) is 2.84. The first-order valence-electron chi connectivity index (χ1n) is 6.74. The number of piperidine rings is 1. The van der Waals surface area contributed by atoms with Crippen LogP contribution in [-0.4, -0.2) is 25.2 Å². The molecule has 0 aromatic rings. The first-order valence-corrected chi connectivity index (χ1v) is 6.74. The summed E-state index contributed by atoms with van der Waals surface area (Å²) < 4.78 is 0. The van der Waals surface area contributed by atoms with Gasteiger partial charge in [-0.25, -0.2) is 0 Å². The van der Waals surface area contributed by atoms with Gasteiger partial charge in [0.05, 0.1) is 0 Å². The van der Waals surface area contributed by atoms with Crippen LogP contribution in [0.15, 0.2) is 0 Å². The van der Waals surface area contributed by atoms with Crippen molar-refractivity contribution in [1.29, 1.82) is 0 Å². The van der Waals surface area contributed by atoms with E-state index in [4.69, 9.17) is 0 Å². The van der Waals surface area contributed by atoms with Crippen LogP contribution in [0.4, 0.5) is 0 Å². The van der Waals surface area contributed by atoms with Crippen molar-refractivity contribution in [2.45, 2.75) is 57.4 Å². The number of nitrogens with one attached hydrogen (secondary N) is 2. The van der Waals surface area contributed by atoms with Crippen LogP contribution < -0.4 is 10.6 Å². The Morgan fingerprint density at radius 2 is 2.20 bits per heavy atom. The van der Waals surface area contributed by atoms with Gasteiger partial charge in [-0.05, 0) is 77.4 Å². The molecule has 2 aliphatic rings. The molecule has 0 bridgehead atoms. The van der Waals surface area contributed by atoms with E-state index >= 15 is 0 Å². The normalized spacial score (nSPS) is 29.8. The van der Waals surface area contributed by atoms with Crippen LogP contribution in [0, 0.1) is 5.92 Å². The van der Waals surface area contributed by atoms with Crippen molar-refractivity contribution >= 4 is 0 Å². The monoisotopic (exact) mass is 210 g/mol. The Kier molecular flexibility index (Phi) is 4.04. The van der Waals surface area contributed by atoms with Gasteiger partial charge in [-0.2, -0.15) is 0 Å². The van der Waals surface area contributed by atoms with Crippen molar-refractivity contribution < 1.29 is 0 Å². The highest BCUT2D eigenvalue weighted by atomic mass is 15.0. The van der Waals surface area contributed by atoms with Gasteiger partial charge < -0.3 is 10.6 Å². The van der Waals surface area contributed by atoms with Crippen LogP contribution in [0.5, 0.6) is 0 Å². The van der Waals surface area contributed by atoms with E-state index in [-0.39, 0.29) is 0 Å². The first kappa shape index (κ1) is 11.4. The smallest absolute Gasteiger partial charge is 0.0153 e. The number of hydrogen-bond acceptors (Lipinski definition) is 2. The summed E-state index contributed by atoms with van der Waals surface area (Å²) in [5.74, 6) is 0.953. The second-order valence-corrected chi connectivity index (χ2v) is 5.70. The minimum Gasteiger partial charge on any atom is -0.316 e. The lowest BCUT2D eigenvalue weighted by Crippen LogP contribution is -2.48. The molecule has 0 aromatic carbocycles. The minimum atomic E-state index is 0.505. The van der Waals surface area contributed by atoms with Gasteiger partial charge in [-0.3, -0.25) is 0 Å². The molecule has 2 heteroatoms. The second-order valence-electron chi connectivity index (χ2n) is 5.70. The van der Waals surface area contributed by atoms with Crippen LogP contribution in [0.25, 0.3) is 0 Å². The van der Waals surface area contributed by atoms with Gasteiger partial charge in [0.2, 0.25) is 0 Å². The molecule has 88 valence electrons. The SMILES string of the molecule is CC1(NCCCC2CCCNC2)CCC1. The maximum absolute atomic E-state index is 3.71. The van der Waals surface area contributed by atoms with Gasteiger partial charge in [-0.15, -0.1) is 0 Å². The third-order valence-electron chi connectivity index (χ3n) is 4.20. The summed E-state index contributed by atoms with van der Waals surface area (Å²) in [6, 6.07) is 0. The molecule has 1 atom stereocenters. The Bertz CT molecular complexity index is 181. The molecule has 0 radical (unpaired) electrons. The Morgan fingerprint density at radius 3 is 2.80 bits per heavy atom. The van der Waals surface area contributed by atoms with E-state index in [0.717, 1.165) is 5.92 Å². The topological polar surface area (TPSA) is 24.1 Å². The zero-order valence-corrected chi connectivity index (χ0v) is 10.1. The third kappa shape index (κ3) is 3.46. The lowest BCUT2D eigenvalue weighted by Gasteiger charge is -2.39. The Balaban J connectivity index is 1.50. The number of rotatable bonds is 5. The quantitative estimate of drug-likeness (QED) is 0.680. The molecule has 2 N–H and O–H groups in total. The molecule has 1 unspecified atom stereocenters. The average Bonchev–Trinajstić information content (AvgIpc) is 2.23. The Hall–Kier alpha value is -0.0800. The van der Waals surface area contributed by atoms with E-state index in [1.54, 1.807) is 0 Å². The Labute approximate surface area is 94.2 Å². The molecule has 1 heterocycles. The molecule has 2 fully saturated rings. The summed E-state index contributed by atoms with van der Waals surface area (Å²) in [5.41, 5.74) is 0.505. The van der Waals surface area contributed by atoms with Gasteiger partial charge in [0.1, 0.15) is 0 Å². The van der Waals surface area contributed by atoms with E-state index in [2.05, 4.69) is 17.6 Å². The molecule has 1 saturated heterocycles. The predicted molar refractivity (Wildman–Crippen MR) is 65.1 cm³/mol. The highest BCUT2D eigenvalue weighted by molar-refractivity contribution is 4.91. The van der Waals surface area contributed by atoms with Gasteiger partial charge in [0.15, 0.2) is 0 Å². The molecule has 1 aliphatic carbocycles. The summed E-state index contributed by atoms with van der Waals surface area (Å²) >= 11 is 0. The standard InChI is InChI=1S/C13H26N2/c1-13(7-4-8-13)15-10-3-6-12-5-2-9-14-11-12/h12,14-15H,2-11H2,1H3. The van der Waals surface area contributed by atoms with Gasteiger partial charge in [-0.1, -0.05) is 0 Å². The molecule has 1 saturated carbocycles. The zero-order chi connectivity index (χ0) is 10.6. The lowest BCUT2D eigenvalue weighted by molar-refractivity contribution is 0.205. The highest BCUT2D eigenvalue weighted by Crippen LogP contribution is 2.30. The maximum atomic E-state index is 3.71. The highest BCUT2D eigenvalue weighted by Gasteiger charge is 2.30. The molecule has 0 aromatic heterocycles. The van der Waals surface area contributed by atoms with E-state index in [1.807, 2.05) is 0 Å². The van der Waals surface area contributed by atoms with Crippen LogP contribution in [0.1, 0.15) is 51.9 Å². The fraction of sp³-hybridized carbons (Fsp3) is 1.00. The van der Waals surface area contributed by atoms with Crippen LogP contribution >= 0.6 is 0 Å². The summed E-state index contributed by atoms with van der Waals surface area (Å²) in [4.78, 5) is 0. The van der Waals surface area contributed by atoms with Crippen molar-refractivity contribution in [2.75, 3.05) is 19.6 Å². The van der Waals surface area contributed by atoms with Gasteiger partial charge >= 0.3 is 0 Å². The molecule has 0 spiro atoms. The Morgan fingerprint density at radius 1 is 1.33 bits per heavy atom. The summed E-state index contributed by atoms with van der Waals surface area (Å²) in [7, 11) is 0. The molecular weight excluding hydrogens is 184 g/mol. The van der Waals surface area contributed by atoms with Crippen molar-refractivity contribution in [2.24, 2.45) is 5.92 Å². The second kappa shape index (κ2) is 5.31. The molecule has 0 amide bonds. The van der Waals surface area contributed by atoms with Crippen molar-refractivity contribution in [3.63, 3.8) is 0 Å². The van der Waals surface area contributed by atoms with E-state index in [9.17, 15) is 0 Å². The van der Waals surface area contributed by atoms with Crippen LogP contribution in [-0.2, 0) is 0 Å². The zero-order valence-electron chi connectivity index (χ0n) is 10.1. The molecule has 2 rings (SSSR count). The van der Waals surface area contributed by atoms with Crippen molar-refractivity contribution in [3.05, 3.63) is 0 Å². The molecular formula is C13H26N2. The predicted octanol–water partition coefficient (Wildman–Crippen LogP) is 2.30. The maximum Gasteiger partial charge on any atom is 0.0153 e. The largest absolute Gasteiger partial charge is 0.316 e. The average molecular weight is 210 g/mol. The van der Waals surface area contributed by atoms with Crippen LogP contribution in [0.2, 0.25) is 0 Å². The summed E-state index contributed by atoms with van der Waals surface area (Å²) in [6.07, 6.45) is 9.81. The van der Waals surface area contributed by atoms with E-state index < -0.39 is 0 Å². The fourth-order valence-corrected chi connectivity index (χ4v) is 2.84.